The van der Waals surface area contributed by atoms with Gasteiger partial charge in [0.05, 0.1) is 12.1 Å². The third kappa shape index (κ3) is 2.28. The normalized spacial score (nSPS) is 14.7. The highest BCUT2D eigenvalue weighted by Crippen LogP contribution is 2.38. The number of fused-ring (bicyclic) bond motifs is 1. The van der Waals surface area contributed by atoms with E-state index in [0.29, 0.717) is 25.0 Å². The second kappa shape index (κ2) is 4.91. The van der Waals surface area contributed by atoms with Crippen LogP contribution in [0.15, 0.2) is 35.0 Å². The standard InChI is InChI=1S/C16H17N3O2/c1-2-20-14-5-3-4-13-12(14)8-9-19(13)10-15-17-16(18-21-15)11-6-7-11/h3-5,8-9,11H,2,6-7,10H2,1H3. The molecule has 0 saturated heterocycles. The van der Waals surface area contributed by atoms with Gasteiger partial charge in [0.2, 0.25) is 5.89 Å². The van der Waals surface area contributed by atoms with Crippen molar-refractivity contribution in [3.63, 3.8) is 0 Å². The topological polar surface area (TPSA) is 53.1 Å². The fraction of sp³-hybridized carbons (Fsp3) is 0.375. The SMILES string of the molecule is CCOc1cccc2c1ccn2Cc1nc(C2CC2)no1. The fourth-order valence-corrected chi connectivity index (χ4v) is 2.60. The molecule has 0 radical (unpaired) electrons. The molecular formula is C16H17N3O2. The van der Waals surface area contributed by atoms with Gasteiger partial charge in [-0.2, -0.15) is 4.98 Å². The van der Waals surface area contributed by atoms with Crippen molar-refractivity contribution in [3.8, 4) is 5.75 Å². The predicted molar refractivity (Wildman–Crippen MR) is 78.5 cm³/mol. The lowest BCUT2D eigenvalue weighted by atomic mass is 10.2. The molecule has 1 saturated carbocycles. The Morgan fingerprint density at radius 2 is 2.24 bits per heavy atom. The van der Waals surface area contributed by atoms with Gasteiger partial charge < -0.3 is 13.8 Å². The molecule has 21 heavy (non-hydrogen) atoms. The zero-order valence-corrected chi connectivity index (χ0v) is 12.0. The van der Waals surface area contributed by atoms with Crippen molar-refractivity contribution in [2.45, 2.75) is 32.2 Å². The van der Waals surface area contributed by atoms with Gasteiger partial charge in [0.1, 0.15) is 12.3 Å². The first-order valence-electron chi connectivity index (χ1n) is 7.38. The van der Waals surface area contributed by atoms with E-state index in [4.69, 9.17) is 9.26 Å². The van der Waals surface area contributed by atoms with Crippen molar-refractivity contribution in [1.29, 1.82) is 0 Å². The monoisotopic (exact) mass is 283 g/mol. The Bertz CT molecular complexity index is 771. The fourth-order valence-electron chi connectivity index (χ4n) is 2.60. The van der Waals surface area contributed by atoms with Gasteiger partial charge in [-0.1, -0.05) is 11.2 Å². The Kier molecular flexibility index (Phi) is 2.91. The lowest BCUT2D eigenvalue weighted by Gasteiger charge is -2.06. The van der Waals surface area contributed by atoms with Crippen LogP contribution < -0.4 is 4.74 Å². The molecule has 0 bridgehead atoms. The summed E-state index contributed by atoms with van der Waals surface area (Å²) in [6.45, 7) is 3.26. The summed E-state index contributed by atoms with van der Waals surface area (Å²) in [7, 11) is 0. The molecule has 4 rings (SSSR count). The summed E-state index contributed by atoms with van der Waals surface area (Å²) >= 11 is 0. The molecule has 1 aliphatic carbocycles. The molecule has 5 nitrogen and oxygen atoms in total. The van der Waals surface area contributed by atoms with Crippen LogP contribution in [0.25, 0.3) is 10.9 Å². The van der Waals surface area contributed by atoms with Crippen LogP contribution in [-0.4, -0.2) is 21.3 Å². The van der Waals surface area contributed by atoms with Crippen LogP contribution in [0.3, 0.4) is 0 Å². The molecule has 2 aromatic heterocycles. The summed E-state index contributed by atoms with van der Waals surface area (Å²) in [6.07, 6.45) is 4.40. The van der Waals surface area contributed by atoms with Gasteiger partial charge in [-0.05, 0) is 38.0 Å². The van der Waals surface area contributed by atoms with Gasteiger partial charge >= 0.3 is 0 Å². The smallest absolute Gasteiger partial charge is 0.246 e. The first kappa shape index (κ1) is 12.4. The molecule has 3 aromatic rings. The van der Waals surface area contributed by atoms with E-state index in [1.165, 1.54) is 12.8 Å². The van der Waals surface area contributed by atoms with Gasteiger partial charge in [0.25, 0.3) is 0 Å². The molecule has 0 spiro atoms. The molecule has 5 heteroatoms. The molecule has 1 fully saturated rings. The Morgan fingerprint density at radius 3 is 3.05 bits per heavy atom. The zero-order valence-electron chi connectivity index (χ0n) is 12.0. The number of hydrogen-bond donors (Lipinski definition) is 0. The summed E-state index contributed by atoms with van der Waals surface area (Å²) in [5, 5.41) is 5.17. The number of benzene rings is 1. The van der Waals surface area contributed by atoms with Gasteiger partial charge in [0, 0.05) is 17.5 Å². The largest absolute Gasteiger partial charge is 0.493 e. The van der Waals surface area contributed by atoms with Crippen molar-refractivity contribution in [2.24, 2.45) is 0 Å². The average molecular weight is 283 g/mol. The first-order valence-corrected chi connectivity index (χ1v) is 7.38. The highest BCUT2D eigenvalue weighted by molar-refractivity contribution is 5.86. The summed E-state index contributed by atoms with van der Waals surface area (Å²) < 4.78 is 13.1. The highest BCUT2D eigenvalue weighted by atomic mass is 16.5. The summed E-state index contributed by atoms with van der Waals surface area (Å²) in [5.41, 5.74) is 1.12. The molecule has 2 heterocycles. The van der Waals surface area contributed by atoms with Crippen molar-refractivity contribution >= 4 is 10.9 Å². The molecule has 1 aromatic carbocycles. The van der Waals surface area contributed by atoms with E-state index < -0.39 is 0 Å². The molecular weight excluding hydrogens is 266 g/mol. The van der Waals surface area contributed by atoms with E-state index in [1.54, 1.807) is 0 Å². The maximum Gasteiger partial charge on any atom is 0.246 e. The Balaban J connectivity index is 1.64. The van der Waals surface area contributed by atoms with Crippen LogP contribution in [0.1, 0.15) is 37.4 Å². The van der Waals surface area contributed by atoms with Crippen LogP contribution >= 0.6 is 0 Å². The van der Waals surface area contributed by atoms with Gasteiger partial charge in [-0.3, -0.25) is 0 Å². The molecule has 108 valence electrons. The number of rotatable bonds is 5. The number of hydrogen-bond acceptors (Lipinski definition) is 4. The van der Waals surface area contributed by atoms with Crippen LogP contribution in [0, 0.1) is 0 Å². The maximum atomic E-state index is 5.66. The van der Waals surface area contributed by atoms with Gasteiger partial charge in [-0.25, -0.2) is 0 Å². The minimum Gasteiger partial charge on any atom is -0.493 e. The second-order valence-electron chi connectivity index (χ2n) is 5.39. The van der Waals surface area contributed by atoms with Crippen LogP contribution in [0.2, 0.25) is 0 Å². The molecule has 0 N–H and O–H groups in total. The maximum absolute atomic E-state index is 5.66. The van der Waals surface area contributed by atoms with Gasteiger partial charge in [0.15, 0.2) is 5.82 Å². The summed E-state index contributed by atoms with van der Waals surface area (Å²) in [5.74, 6) is 2.96. The third-order valence-corrected chi connectivity index (χ3v) is 3.81. The minimum atomic E-state index is 0.522. The van der Waals surface area contributed by atoms with Crippen molar-refractivity contribution < 1.29 is 9.26 Å². The van der Waals surface area contributed by atoms with E-state index in [0.717, 1.165) is 22.5 Å². The molecule has 0 unspecified atom stereocenters. The zero-order chi connectivity index (χ0) is 14.2. The first-order chi connectivity index (χ1) is 10.3. The van der Waals surface area contributed by atoms with Crippen molar-refractivity contribution in [1.82, 2.24) is 14.7 Å². The molecule has 0 atom stereocenters. The van der Waals surface area contributed by atoms with Gasteiger partial charge in [-0.15, -0.1) is 0 Å². The van der Waals surface area contributed by atoms with Crippen molar-refractivity contribution in [2.75, 3.05) is 6.61 Å². The van der Waals surface area contributed by atoms with E-state index in [2.05, 4.69) is 26.8 Å². The highest BCUT2D eigenvalue weighted by Gasteiger charge is 2.28. The number of aromatic nitrogens is 3. The van der Waals surface area contributed by atoms with Crippen molar-refractivity contribution in [3.05, 3.63) is 42.2 Å². The lowest BCUT2D eigenvalue weighted by Crippen LogP contribution is -1.99. The summed E-state index contributed by atoms with van der Waals surface area (Å²) in [6, 6.07) is 8.15. The van der Waals surface area contributed by atoms with E-state index >= 15 is 0 Å². The third-order valence-electron chi connectivity index (χ3n) is 3.81. The van der Waals surface area contributed by atoms with E-state index in [1.807, 2.05) is 25.3 Å². The van der Waals surface area contributed by atoms with E-state index in [9.17, 15) is 0 Å². The Morgan fingerprint density at radius 1 is 1.33 bits per heavy atom. The van der Waals surface area contributed by atoms with E-state index in [-0.39, 0.29) is 0 Å². The lowest BCUT2D eigenvalue weighted by molar-refractivity contribution is 0.344. The van der Waals surface area contributed by atoms with Crippen LogP contribution in [-0.2, 0) is 6.54 Å². The van der Waals surface area contributed by atoms with Crippen LogP contribution in [0.5, 0.6) is 5.75 Å². The molecule has 0 aliphatic heterocycles. The average Bonchev–Trinajstić information content (AvgIpc) is 3.11. The molecule has 0 amide bonds. The minimum absolute atomic E-state index is 0.522. The van der Waals surface area contributed by atoms with Crippen LogP contribution in [0.4, 0.5) is 0 Å². The number of nitrogens with zero attached hydrogens (tertiary/aromatic N) is 3. The number of ether oxygens (including phenoxy) is 1. The quantitative estimate of drug-likeness (QED) is 0.720. The summed E-state index contributed by atoms with van der Waals surface area (Å²) in [4.78, 5) is 4.48. The predicted octanol–water partition coefficient (Wildman–Crippen LogP) is 3.35. The second-order valence-corrected chi connectivity index (χ2v) is 5.39. The Labute approximate surface area is 122 Å². The molecule has 1 aliphatic rings. The Hall–Kier alpha value is -2.30.